The van der Waals surface area contributed by atoms with E-state index in [1.54, 1.807) is 23.3 Å². The average Bonchev–Trinajstić information content (AvgIpc) is 2.77. The van der Waals surface area contributed by atoms with Crippen LogP contribution < -0.4 is 5.73 Å². The van der Waals surface area contributed by atoms with E-state index in [-0.39, 0.29) is 6.42 Å². The summed E-state index contributed by atoms with van der Waals surface area (Å²) < 4.78 is 1.55. The Hall–Kier alpha value is -2.28. The molecule has 0 aliphatic rings. The molecule has 1 unspecified atom stereocenters. The second kappa shape index (κ2) is 4.92. The van der Waals surface area contributed by atoms with E-state index >= 15 is 0 Å². The van der Waals surface area contributed by atoms with Crippen molar-refractivity contribution < 1.29 is 9.90 Å². The highest BCUT2D eigenvalue weighted by Gasteiger charge is 2.14. The number of carboxylic acids is 1. The second-order valence-corrected chi connectivity index (χ2v) is 4.02. The summed E-state index contributed by atoms with van der Waals surface area (Å²) in [6.45, 7) is 1.93. The van der Waals surface area contributed by atoms with E-state index in [1.165, 1.54) is 0 Å². The number of carbonyl (C=O) groups is 1. The summed E-state index contributed by atoms with van der Waals surface area (Å²) in [5.41, 5.74) is 7.75. The molecule has 2 heterocycles. The number of aryl methyl sites for hydroxylation is 1. The van der Waals surface area contributed by atoms with Crippen molar-refractivity contribution in [2.75, 3.05) is 0 Å². The van der Waals surface area contributed by atoms with Crippen LogP contribution in [0.4, 0.5) is 0 Å². The Morgan fingerprint density at radius 1 is 1.56 bits per heavy atom. The molecule has 0 spiro atoms. The minimum absolute atomic E-state index is 0.147. The largest absolute Gasteiger partial charge is 0.480 e. The minimum Gasteiger partial charge on any atom is -0.480 e. The molecule has 7 nitrogen and oxygen atoms in total. The third-order valence-corrected chi connectivity index (χ3v) is 2.41. The van der Waals surface area contributed by atoms with Crippen LogP contribution in [0, 0.1) is 6.92 Å². The van der Waals surface area contributed by atoms with Gasteiger partial charge in [0.1, 0.15) is 6.04 Å². The van der Waals surface area contributed by atoms with E-state index in [0.717, 1.165) is 11.3 Å². The fourth-order valence-corrected chi connectivity index (χ4v) is 1.50. The van der Waals surface area contributed by atoms with E-state index in [1.807, 2.05) is 13.0 Å². The first-order valence-electron chi connectivity index (χ1n) is 5.38. The van der Waals surface area contributed by atoms with E-state index in [0.29, 0.717) is 5.69 Å². The number of nitrogens with zero attached hydrogens (tertiary/aromatic N) is 4. The Bertz CT molecular complexity index is 566. The molecule has 3 N–H and O–H groups in total. The first kappa shape index (κ1) is 12.2. The standard InChI is InChI=1S/C11H13N5O2/c1-7-2-9(5-13-4-7)16-6-8(14-15-16)3-10(12)11(17)18/h2,4-6,10H,3,12H2,1H3,(H,17,18). The van der Waals surface area contributed by atoms with Gasteiger partial charge in [-0.2, -0.15) is 0 Å². The van der Waals surface area contributed by atoms with Gasteiger partial charge in [-0.05, 0) is 18.6 Å². The van der Waals surface area contributed by atoms with Gasteiger partial charge >= 0.3 is 5.97 Å². The predicted octanol–water partition coefficient (Wildman–Crippen LogP) is -0.0749. The van der Waals surface area contributed by atoms with Crippen LogP contribution in [0.3, 0.4) is 0 Å². The predicted molar refractivity (Wildman–Crippen MR) is 63.2 cm³/mol. The van der Waals surface area contributed by atoms with Crippen LogP contribution >= 0.6 is 0 Å². The zero-order valence-electron chi connectivity index (χ0n) is 9.82. The zero-order chi connectivity index (χ0) is 13.1. The number of pyridine rings is 1. The fourth-order valence-electron chi connectivity index (χ4n) is 1.50. The molecule has 0 saturated carbocycles. The number of carboxylic acid groups (broad SMARTS) is 1. The van der Waals surface area contributed by atoms with Crippen LogP contribution in [0.15, 0.2) is 24.7 Å². The molecule has 0 aliphatic carbocycles. The molecule has 0 bridgehead atoms. The molecule has 0 saturated heterocycles. The summed E-state index contributed by atoms with van der Waals surface area (Å²) in [6.07, 6.45) is 5.19. The third-order valence-electron chi connectivity index (χ3n) is 2.41. The summed E-state index contributed by atoms with van der Waals surface area (Å²) in [5.74, 6) is -1.05. The van der Waals surface area contributed by atoms with Crippen LogP contribution in [-0.2, 0) is 11.2 Å². The lowest BCUT2D eigenvalue weighted by Crippen LogP contribution is -2.32. The highest BCUT2D eigenvalue weighted by Crippen LogP contribution is 2.08. The van der Waals surface area contributed by atoms with Gasteiger partial charge in [-0.25, -0.2) is 4.68 Å². The molecule has 0 aromatic carbocycles. The maximum absolute atomic E-state index is 10.6. The van der Waals surface area contributed by atoms with Gasteiger partial charge in [0.15, 0.2) is 0 Å². The summed E-state index contributed by atoms with van der Waals surface area (Å²) >= 11 is 0. The average molecular weight is 247 g/mol. The summed E-state index contributed by atoms with van der Waals surface area (Å²) in [7, 11) is 0. The SMILES string of the molecule is Cc1cncc(-n2cc(CC(N)C(=O)O)nn2)c1. The molecular formula is C11H13N5O2. The number of hydrogen-bond acceptors (Lipinski definition) is 5. The molecule has 2 rings (SSSR count). The molecule has 0 fully saturated rings. The monoisotopic (exact) mass is 247 g/mol. The van der Waals surface area contributed by atoms with Gasteiger partial charge in [0, 0.05) is 12.6 Å². The van der Waals surface area contributed by atoms with E-state index in [9.17, 15) is 4.79 Å². The molecule has 94 valence electrons. The lowest BCUT2D eigenvalue weighted by atomic mass is 10.2. The summed E-state index contributed by atoms with van der Waals surface area (Å²) in [5, 5.41) is 16.5. The van der Waals surface area contributed by atoms with Crippen molar-refractivity contribution in [1.82, 2.24) is 20.0 Å². The van der Waals surface area contributed by atoms with Gasteiger partial charge in [0.2, 0.25) is 0 Å². The number of hydrogen-bond donors (Lipinski definition) is 2. The zero-order valence-corrected chi connectivity index (χ0v) is 9.82. The third kappa shape index (κ3) is 2.69. The van der Waals surface area contributed by atoms with Crippen molar-refractivity contribution in [3.8, 4) is 5.69 Å². The number of aromatic nitrogens is 4. The number of rotatable bonds is 4. The molecule has 0 amide bonds. The first-order valence-corrected chi connectivity index (χ1v) is 5.38. The molecule has 1 atom stereocenters. The summed E-state index contributed by atoms with van der Waals surface area (Å²) in [4.78, 5) is 14.7. The Balaban J connectivity index is 2.18. The van der Waals surface area contributed by atoms with Crippen LogP contribution in [0.2, 0.25) is 0 Å². The van der Waals surface area contributed by atoms with Gasteiger partial charge in [-0.1, -0.05) is 5.21 Å². The maximum atomic E-state index is 10.6. The molecule has 7 heteroatoms. The Kier molecular flexibility index (Phi) is 3.33. The van der Waals surface area contributed by atoms with Crippen LogP contribution in [0.25, 0.3) is 5.69 Å². The Labute approximate surface area is 103 Å². The van der Waals surface area contributed by atoms with Gasteiger partial charge in [0.05, 0.1) is 23.8 Å². The number of aliphatic carboxylic acids is 1. The lowest BCUT2D eigenvalue weighted by Gasteiger charge is -2.02. The van der Waals surface area contributed by atoms with Gasteiger partial charge in [-0.15, -0.1) is 5.10 Å². The highest BCUT2D eigenvalue weighted by atomic mass is 16.4. The normalized spacial score (nSPS) is 12.3. The van der Waals surface area contributed by atoms with Crippen molar-refractivity contribution >= 4 is 5.97 Å². The van der Waals surface area contributed by atoms with Crippen molar-refractivity contribution in [1.29, 1.82) is 0 Å². The smallest absolute Gasteiger partial charge is 0.320 e. The van der Waals surface area contributed by atoms with E-state index in [4.69, 9.17) is 10.8 Å². The van der Waals surface area contributed by atoms with E-state index < -0.39 is 12.0 Å². The molecule has 0 radical (unpaired) electrons. The maximum Gasteiger partial charge on any atom is 0.320 e. The molecule has 0 aliphatic heterocycles. The molecule has 2 aromatic rings. The van der Waals surface area contributed by atoms with Crippen molar-refractivity contribution in [3.05, 3.63) is 35.9 Å². The Morgan fingerprint density at radius 2 is 2.33 bits per heavy atom. The molecule has 18 heavy (non-hydrogen) atoms. The Morgan fingerprint density at radius 3 is 3.00 bits per heavy atom. The second-order valence-electron chi connectivity index (χ2n) is 4.02. The van der Waals surface area contributed by atoms with Crippen molar-refractivity contribution in [3.63, 3.8) is 0 Å². The van der Waals surface area contributed by atoms with Crippen LogP contribution in [0.1, 0.15) is 11.3 Å². The van der Waals surface area contributed by atoms with Gasteiger partial charge in [-0.3, -0.25) is 9.78 Å². The molecule has 2 aromatic heterocycles. The van der Waals surface area contributed by atoms with Crippen LogP contribution in [0.5, 0.6) is 0 Å². The quantitative estimate of drug-likeness (QED) is 0.782. The fraction of sp³-hybridized carbons (Fsp3) is 0.273. The lowest BCUT2D eigenvalue weighted by molar-refractivity contribution is -0.138. The topological polar surface area (TPSA) is 107 Å². The van der Waals surface area contributed by atoms with Crippen LogP contribution in [-0.4, -0.2) is 37.1 Å². The number of nitrogens with two attached hydrogens (primary N) is 1. The minimum atomic E-state index is -1.05. The summed E-state index contributed by atoms with van der Waals surface area (Å²) in [6, 6.07) is 0.938. The molecular weight excluding hydrogens is 234 g/mol. The van der Waals surface area contributed by atoms with Gasteiger partial charge < -0.3 is 10.8 Å². The van der Waals surface area contributed by atoms with Crippen molar-refractivity contribution in [2.24, 2.45) is 5.73 Å². The van der Waals surface area contributed by atoms with E-state index in [2.05, 4.69) is 15.3 Å². The van der Waals surface area contributed by atoms with Crippen molar-refractivity contribution in [2.45, 2.75) is 19.4 Å². The van der Waals surface area contributed by atoms with Gasteiger partial charge in [0.25, 0.3) is 0 Å². The first-order chi connectivity index (χ1) is 8.56. The highest BCUT2D eigenvalue weighted by molar-refractivity contribution is 5.73.